The second-order valence-electron chi connectivity index (χ2n) is 7.39. The second-order valence-corrected chi connectivity index (χ2v) is 8.67. The number of carbonyl (C=O) groups excluding carboxylic acids is 4. The monoisotopic (exact) mass is 423 g/mol. The van der Waals surface area contributed by atoms with Gasteiger partial charge in [-0.1, -0.05) is 0 Å². The Bertz CT molecular complexity index is 1000. The molecule has 0 aromatic heterocycles. The van der Waals surface area contributed by atoms with Crippen LogP contribution in [0.3, 0.4) is 0 Å². The molecule has 0 spiro atoms. The van der Waals surface area contributed by atoms with Crippen LogP contribution in [0.15, 0.2) is 53.4 Å². The van der Waals surface area contributed by atoms with Crippen LogP contribution >= 0.6 is 11.8 Å². The Labute approximate surface area is 178 Å². The Morgan fingerprint density at radius 3 is 2.13 bits per heavy atom. The van der Waals surface area contributed by atoms with Crippen molar-refractivity contribution in [3.63, 3.8) is 0 Å². The van der Waals surface area contributed by atoms with E-state index >= 15 is 0 Å². The largest absolute Gasteiger partial charge is 0.326 e. The highest BCUT2D eigenvalue weighted by Crippen LogP contribution is 2.35. The third-order valence-electron chi connectivity index (χ3n) is 4.90. The van der Waals surface area contributed by atoms with Crippen molar-refractivity contribution in [2.75, 3.05) is 15.5 Å². The number of hydrogen-bond donors (Lipinski definition) is 2. The van der Waals surface area contributed by atoms with Gasteiger partial charge >= 0.3 is 0 Å². The van der Waals surface area contributed by atoms with Crippen molar-refractivity contribution in [3.8, 4) is 0 Å². The molecule has 1 saturated heterocycles. The maximum absolute atomic E-state index is 12.8. The Balaban J connectivity index is 1.40. The molecule has 4 rings (SSSR count). The minimum atomic E-state index is -0.501. The number of imide groups is 1. The van der Waals surface area contributed by atoms with Gasteiger partial charge in [0.25, 0.3) is 0 Å². The molecule has 0 radical (unpaired) electrons. The number of thioether (sulfide) groups is 1. The smallest absolute Gasteiger partial charge is 0.247 e. The quantitative estimate of drug-likeness (QED) is 0.694. The van der Waals surface area contributed by atoms with Gasteiger partial charge in [0, 0.05) is 35.5 Å². The van der Waals surface area contributed by atoms with Gasteiger partial charge in [0.2, 0.25) is 23.6 Å². The molecule has 1 heterocycles. The van der Waals surface area contributed by atoms with Gasteiger partial charge in [-0.3, -0.25) is 19.2 Å². The van der Waals surface area contributed by atoms with Gasteiger partial charge in [0.1, 0.15) is 0 Å². The fraction of sp³-hybridized carbons (Fsp3) is 0.273. The molecule has 1 atom stereocenters. The van der Waals surface area contributed by atoms with E-state index in [1.807, 2.05) is 24.3 Å². The fourth-order valence-electron chi connectivity index (χ4n) is 3.24. The summed E-state index contributed by atoms with van der Waals surface area (Å²) >= 11 is 1.34. The van der Waals surface area contributed by atoms with E-state index in [0.717, 1.165) is 23.4 Å². The zero-order chi connectivity index (χ0) is 21.3. The number of nitrogens with one attached hydrogen (secondary N) is 2. The second kappa shape index (κ2) is 8.31. The first kappa shape index (κ1) is 20.2. The molecule has 2 aromatic rings. The lowest BCUT2D eigenvalue weighted by Crippen LogP contribution is -2.31. The van der Waals surface area contributed by atoms with E-state index in [0.29, 0.717) is 11.4 Å². The molecule has 2 fully saturated rings. The Hall–Kier alpha value is -3.13. The number of carbonyl (C=O) groups is 4. The molecule has 8 heteroatoms. The maximum Gasteiger partial charge on any atom is 0.247 e. The summed E-state index contributed by atoms with van der Waals surface area (Å²) in [6, 6.07) is 13.9. The average molecular weight is 423 g/mol. The topological polar surface area (TPSA) is 95.6 Å². The summed E-state index contributed by atoms with van der Waals surface area (Å²) in [7, 11) is 0. The molecule has 154 valence electrons. The molecule has 1 aliphatic heterocycles. The molecule has 1 unspecified atom stereocenters. The summed E-state index contributed by atoms with van der Waals surface area (Å²) in [4.78, 5) is 50.3. The van der Waals surface area contributed by atoms with E-state index in [9.17, 15) is 19.2 Å². The average Bonchev–Trinajstić information content (AvgIpc) is 3.51. The van der Waals surface area contributed by atoms with Gasteiger partial charge < -0.3 is 10.6 Å². The molecule has 30 heavy (non-hydrogen) atoms. The molecular formula is C22H21N3O4S. The number of amides is 4. The van der Waals surface area contributed by atoms with E-state index in [2.05, 4.69) is 10.6 Å². The van der Waals surface area contributed by atoms with E-state index in [1.54, 1.807) is 24.3 Å². The molecule has 4 amide bonds. The van der Waals surface area contributed by atoms with Crippen LogP contribution in [0.1, 0.15) is 26.2 Å². The SMILES string of the molecule is CC(=O)Nc1ccc(N2C(=O)CC(Sc3ccc(NC(=O)C4CC4)cc3)C2=O)cc1. The normalized spacial score (nSPS) is 18.4. The van der Waals surface area contributed by atoms with E-state index < -0.39 is 5.25 Å². The van der Waals surface area contributed by atoms with Crippen LogP contribution in [0.5, 0.6) is 0 Å². The first-order valence-electron chi connectivity index (χ1n) is 9.73. The van der Waals surface area contributed by atoms with Crippen LogP contribution in [0.25, 0.3) is 0 Å². The highest BCUT2D eigenvalue weighted by Gasteiger charge is 2.40. The zero-order valence-electron chi connectivity index (χ0n) is 16.4. The first-order chi connectivity index (χ1) is 14.4. The minimum Gasteiger partial charge on any atom is -0.326 e. The van der Waals surface area contributed by atoms with Gasteiger partial charge in [0.15, 0.2) is 0 Å². The lowest BCUT2D eigenvalue weighted by Gasteiger charge is -2.15. The summed E-state index contributed by atoms with van der Waals surface area (Å²) in [5.74, 6) is -0.515. The van der Waals surface area contributed by atoms with Crippen molar-refractivity contribution >= 4 is 52.5 Å². The highest BCUT2D eigenvalue weighted by molar-refractivity contribution is 8.00. The zero-order valence-corrected chi connectivity index (χ0v) is 17.2. The van der Waals surface area contributed by atoms with E-state index in [4.69, 9.17) is 0 Å². The molecule has 0 bridgehead atoms. The molecule has 1 aliphatic carbocycles. The van der Waals surface area contributed by atoms with Crippen LogP contribution in [0.2, 0.25) is 0 Å². The van der Waals surface area contributed by atoms with Gasteiger partial charge in [0.05, 0.1) is 10.9 Å². The summed E-state index contributed by atoms with van der Waals surface area (Å²) < 4.78 is 0. The number of anilines is 3. The van der Waals surface area contributed by atoms with Crippen molar-refractivity contribution in [3.05, 3.63) is 48.5 Å². The lowest BCUT2D eigenvalue weighted by molar-refractivity contribution is -0.121. The van der Waals surface area contributed by atoms with Crippen LogP contribution in [-0.4, -0.2) is 28.9 Å². The summed E-state index contributed by atoms with van der Waals surface area (Å²) in [6.07, 6.45) is 2.02. The van der Waals surface area contributed by atoms with Gasteiger partial charge in [-0.15, -0.1) is 11.8 Å². The summed E-state index contributed by atoms with van der Waals surface area (Å²) in [5, 5.41) is 5.04. The molecule has 2 aliphatic rings. The predicted octanol–water partition coefficient (Wildman–Crippen LogP) is 3.42. The van der Waals surface area contributed by atoms with Crippen LogP contribution in [0.4, 0.5) is 17.1 Å². The van der Waals surface area contributed by atoms with Gasteiger partial charge in [-0.2, -0.15) is 0 Å². The lowest BCUT2D eigenvalue weighted by atomic mass is 10.2. The van der Waals surface area contributed by atoms with Gasteiger partial charge in [-0.25, -0.2) is 4.90 Å². The maximum atomic E-state index is 12.8. The summed E-state index contributed by atoms with van der Waals surface area (Å²) in [5.41, 5.74) is 1.82. The van der Waals surface area contributed by atoms with Crippen LogP contribution in [-0.2, 0) is 19.2 Å². The number of rotatable bonds is 6. The highest BCUT2D eigenvalue weighted by atomic mass is 32.2. The molecule has 1 saturated carbocycles. The Kier molecular flexibility index (Phi) is 5.59. The molecule has 2 aromatic carbocycles. The number of benzene rings is 2. The first-order valence-corrected chi connectivity index (χ1v) is 10.6. The van der Waals surface area contributed by atoms with Crippen molar-refractivity contribution in [2.45, 2.75) is 36.3 Å². The Morgan fingerprint density at radius 1 is 0.933 bits per heavy atom. The minimum absolute atomic E-state index is 0.0483. The number of hydrogen-bond acceptors (Lipinski definition) is 5. The van der Waals surface area contributed by atoms with Crippen LogP contribution < -0.4 is 15.5 Å². The van der Waals surface area contributed by atoms with E-state index in [-0.39, 0.29) is 36.0 Å². The third kappa shape index (κ3) is 4.54. The standard InChI is InChI=1S/C22H21N3O4S/c1-13(26)23-15-4-8-17(9-5-15)25-20(27)12-19(22(25)29)30-18-10-6-16(7-11-18)24-21(28)14-2-3-14/h4-11,14,19H,2-3,12H2,1H3,(H,23,26)(H,24,28). The van der Waals surface area contributed by atoms with Crippen molar-refractivity contribution in [1.82, 2.24) is 0 Å². The van der Waals surface area contributed by atoms with Crippen molar-refractivity contribution < 1.29 is 19.2 Å². The molecule has 2 N–H and O–H groups in total. The van der Waals surface area contributed by atoms with Crippen molar-refractivity contribution in [2.24, 2.45) is 5.92 Å². The van der Waals surface area contributed by atoms with E-state index in [1.165, 1.54) is 23.6 Å². The molecule has 7 nitrogen and oxygen atoms in total. The van der Waals surface area contributed by atoms with Crippen LogP contribution in [0, 0.1) is 5.92 Å². The fourth-order valence-corrected chi connectivity index (χ4v) is 4.29. The number of nitrogens with zero attached hydrogens (tertiary/aromatic N) is 1. The molecular weight excluding hydrogens is 402 g/mol. The third-order valence-corrected chi connectivity index (χ3v) is 6.10. The Morgan fingerprint density at radius 2 is 1.53 bits per heavy atom. The predicted molar refractivity (Wildman–Crippen MR) is 115 cm³/mol. The van der Waals surface area contributed by atoms with Gasteiger partial charge in [-0.05, 0) is 61.4 Å². The van der Waals surface area contributed by atoms with Crippen molar-refractivity contribution in [1.29, 1.82) is 0 Å². The summed E-state index contributed by atoms with van der Waals surface area (Å²) in [6.45, 7) is 1.41.